The summed E-state index contributed by atoms with van der Waals surface area (Å²) in [5, 5.41) is 6.13. The molecule has 0 radical (unpaired) electrons. The molecular formula is C16H25ClFN3O. The van der Waals surface area contributed by atoms with Crippen molar-refractivity contribution in [1.82, 2.24) is 10.2 Å². The number of hydrogen-bond donors (Lipinski definition) is 2. The molecule has 4 nitrogen and oxygen atoms in total. The first-order chi connectivity index (χ1) is 10.1. The molecule has 1 saturated heterocycles. The van der Waals surface area contributed by atoms with Gasteiger partial charge in [0.1, 0.15) is 5.82 Å². The quantitative estimate of drug-likeness (QED) is 0.892. The zero-order valence-corrected chi connectivity index (χ0v) is 14.0. The standard InChI is InChI=1S/C16H24FN3O.ClH/c1-12-5-6-13(10-15(12)17)19-16(21)11-20(2)14-4-3-8-18-9-7-14;/h5-6,10,14,18H,3-4,7-9,11H2,1-2H3,(H,19,21);1H. The normalized spacial score (nSPS) is 18.5. The molecule has 1 atom stereocenters. The van der Waals surface area contributed by atoms with Crippen molar-refractivity contribution >= 4 is 24.0 Å². The van der Waals surface area contributed by atoms with Gasteiger partial charge in [0.2, 0.25) is 5.91 Å². The summed E-state index contributed by atoms with van der Waals surface area (Å²) in [5.41, 5.74) is 1.09. The van der Waals surface area contributed by atoms with Crippen LogP contribution in [-0.2, 0) is 4.79 Å². The number of likely N-dealkylation sites (N-methyl/N-ethyl adjacent to an activating group) is 1. The van der Waals surface area contributed by atoms with Crippen molar-refractivity contribution in [3.05, 3.63) is 29.6 Å². The van der Waals surface area contributed by atoms with E-state index in [2.05, 4.69) is 15.5 Å². The van der Waals surface area contributed by atoms with Gasteiger partial charge in [0.15, 0.2) is 0 Å². The first kappa shape index (κ1) is 18.9. The Morgan fingerprint density at radius 3 is 2.91 bits per heavy atom. The Morgan fingerprint density at radius 1 is 1.41 bits per heavy atom. The Labute approximate surface area is 137 Å². The van der Waals surface area contributed by atoms with Crippen LogP contribution in [0.15, 0.2) is 18.2 Å². The zero-order chi connectivity index (χ0) is 15.2. The second kappa shape index (κ2) is 9.08. The highest BCUT2D eigenvalue weighted by atomic mass is 35.5. The second-order valence-corrected chi connectivity index (χ2v) is 5.76. The maximum absolute atomic E-state index is 13.5. The van der Waals surface area contributed by atoms with Crippen LogP contribution in [0.3, 0.4) is 0 Å². The van der Waals surface area contributed by atoms with Gasteiger partial charge in [-0.05, 0) is 64.0 Å². The van der Waals surface area contributed by atoms with E-state index in [1.54, 1.807) is 19.1 Å². The highest BCUT2D eigenvalue weighted by molar-refractivity contribution is 5.92. The maximum Gasteiger partial charge on any atom is 0.238 e. The summed E-state index contributed by atoms with van der Waals surface area (Å²) in [6.45, 7) is 4.09. The summed E-state index contributed by atoms with van der Waals surface area (Å²) in [6, 6.07) is 5.20. The van der Waals surface area contributed by atoms with E-state index >= 15 is 0 Å². The number of rotatable bonds is 4. The van der Waals surface area contributed by atoms with E-state index in [0.29, 0.717) is 23.8 Å². The fourth-order valence-corrected chi connectivity index (χ4v) is 2.67. The Morgan fingerprint density at radius 2 is 2.18 bits per heavy atom. The summed E-state index contributed by atoms with van der Waals surface area (Å²) in [7, 11) is 1.98. The molecule has 0 bridgehead atoms. The second-order valence-electron chi connectivity index (χ2n) is 5.76. The summed E-state index contributed by atoms with van der Waals surface area (Å²) < 4.78 is 13.5. The van der Waals surface area contributed by atoms with Gasteiger partial charge in [-0.3, -0.25) is 9.69 Å². The Hall–Kier alpha value is -1.17. The maximum atomic E-state index is 13.5. The zero-order valence-electron chi connectivity index (χ0n) is 13.2. The predicted molar refractivity (Wildman–Crippen MR) is 90.2 cm³/mol. The molecule has 0 spiro atoms. The highest BCUT2D eigenvalue weighted by Gasteiger charge is 2.18. The molecule has 1 amide bonds. The molecule has 1 fully saturated rings. The summed E-state index contributed by atoms with van der Waals surface area (Å²) >= 11 is 0. The van der Waals surface area contributed by atoms with Gasteiger partial charge < -0.3 is 10.6 Å². The summed E-state index contributed by atoms with van der Waals surface area (Å²) in [5.74, 6) is -0.394. The number of amides is 1. The molecule has 1 aliphatic rings. The molecule has 0 saturated carbocycles. The molecule has 1 unspecified atom stereocenters. The van der Waals surface area contributed by atoms with Gasteiger partial charge in [0.05, 0.1) is 6.54 Å². The number of aryl methyl sites for hydroxylation is 1. The topological polar surface area (TPSA) is 44.4 Å². The number of carbonyl (C=O) groups is 1. The van der Waals surface area contributed by atoms with E-state index in [1.165, 1.54) is 6.07 Å². The monoisotopic (exact) mass is 329 g/mol. The first-order valence-corrected chi connectivity index (χ1v) is 7.53. The summed E-state index contributed by atoms with van der Waals surface area (Å²) in [6.07, 6.45) is 3.30. The average Bonchev–Trinajstić information content (AvgIpc) is 2.72. The Bertz CT molecular complexity index is 490. The van der Waals surface area contributed by atoms with Crippen LogP contribution in [0.2, 0.25) is 0 Å². The lowest BCUT2D eigenvalue weighted by molar-refractivity contribution is -0.117. The molecule has 124 valence electrons. The van der Waals surface area contributed by atoms with Crippen LogP contribution in [-0.4, -0.2) is 43.5 Å². The van der Waals surface area contributed by atoms with Crippen molar-refractivity contribution in [2.75, 3.05) is 32.0 Å². The van der Waals surface area contributed by atoms with E-state index in [-0.39, 0.29) is 24.1 Å². The van der Waals surface area contributed by atoms with E-state index in [0.717, 1.165) is 32.4 Å². The minimum absolute atomic E-state index is 0. The smallest absolute Gasteiger partial charge is 0.238 e. The van der Waals surface area contributed by atoms with Gasteiger partial charge in [-0.2, -0.15) is 0 Å². The highest BCUT2D eigenvalue weighted by Crippen LogP contribution is 2.15. The van der Waals surface area contributed by atoms with E-state index in [1.807, 2.05) is 7.05 Å². The van der Waals surface area contributed by atoms with Crippen LogP contribution in [0.25, 0.3) is 0 Å². The predicted octanol–water partition coefficient (Wildman–Crippen LogP) is 2.57. The van der Waals surface area contributed by atoms with Crippen molar-refractivity contribution in [2.24, 2.45) is 0 Å². The lowest BCUT2D eigenvalue weighted by Crippen LogP contribution is -2.38. The lowest BCUT2D eigenvalue weighted by atomic mass is 10.1. The van der Waals surface area contributed by atoms with Crippen LogP contribution in [0.5, 0.6) is 0 Å². The van der Waals surface area contributed by atoms with Crippen molar-refractivity contribution in [3.8, 4) is 0 Å². The Kier molecular flexibility index (Phi) is 7.79. The van der Waals surface area contributed by atoms with E-state index in [9.17, 15) is 9.18 Å². The molecule has 1 aromatic carbocycles. The molecule has 22 heavy (non-hydrogen) atoms. The largest absolute Gasteiger partial charge is 0.325 e. The van der Waals surface area contributed by atoms with Crippen LogP contribution in [0, 0.1) is 12.7 Å². The third kappa shape index (κ3) is 5.55. The molecule has 2 rings (SSSR count). The van der Waals surface area contributed by atoms with Crippen LogP contribution >= 0.6 is 12.4 Å². The minimum atomic E-state index is -0.295. The van der Waals surface area contributed by atoms with Crippen molar-refractivity contribution in [1.29, 1.82) is 0 Å². The van der Waals surface area contributed by atoms with Gasteiger partial charge in [-0.15, -0.1) is 12.4 Å². The average molecular weight is 330 g/mol. The molecule has 1 aromatic rings. The van der Waals surface area contributed by atoms with Crippen molar-refractivity contribution in [2.45, 2.75) is 32.2 Å². The molecule has 0 aromatic heterocycles. The van der Waals surface area contributed by atoms with Gasteiger partial charge >= 0.3 is 0 Å². The molecular weight excluding hydrogens is 305 g/mol. The van der Waals surface area contributed by atoms with E-state index in [4.69, 9.17) is 0 Å². The number of anilines is 1. The summed E-state index contributed by atoms with van der Waals surface area (Å²) in [4.78, 5) is 14.1. The fourth-order valence-electron chi connectivity index (χ4n) is 2.67. The van der Waals surface area contributed by atoms with Crippen LogP contribution in [0.1, 0.15) is 24.8 Å². The van der Waals surface area contributed by atoms with Gasteiger partial charge in [-0.1, -0.05) is 6.07 Å². The van der Waals surface area contributed by atoms with Crippen LogP contribution < -0.4 is 10.6 Å². The number of nitrogens with zero attached hydrogens (tertiary/aromatic N) is 1. The third-order valence-electron chi connectivity index (χ3n) is 4.02. The lowest BCUT2D eigenvalue weighted by Gasteiger charge is -2.26. The number of carbonyl (C=O) groups excluding carboxylic acids is 1. The van der Waals surface area contributed by atoms with Gasteiger partial charge in [-0.25, -0.2) is 4.39 Å². The number of benzene rings is 1. The van der Waals surface area contributed by atoms with E-state index < -0.39 is 0 Å². The fraction of sp³-hybridized carbons (Fsp3) is 0.562. The molecule has 1 aliphatic heterocycles. The minimum Gasteiger partial charge on any atom is -0.325 e. The SMILES string of the molecule is Cc1ccc(NC(=O)CN(C)C2CCCNCC2)cc1F.Cl. The number of nitrogens with one attached hydrogen (secondary N) is 2. The number of hydrogen-bond acceptors (Lipinski definition) is 3. The molecule has 1 heterocycles. The molecule has 6 heteroatoms. The first-order valence-electron chi connectivity index (χ1n) is 7.53. The van der Waals surface area contributed by atoms with Crippen molar-refractivity contribution < 1.29 is 9.18 Å². The molecule has 2 N–H and O–H groups in total. The number of halogens is 2. The molecule has 0 aliphatic carbocycles. The van der Waals surface area contributed by atoms with Gasteiger partial charge in [0, 0.05) is 11.7 Å². The third-order valence-corrected chi connectivity index (χ3v) is 4.02. The van der Waals surface area contributed by atoms with Crippen molar-refractivity contribution in [3.63, 3.8) is 0 Å². The Balaban J connectivity index is 0.00000242. The van der Waals surface area contributed by atoms with Crippen LogP contribution in [0.4, 0.5) is 10.1 Å². The van der Waals surface area contributed by atoms with Gasteiger partial charge in [0.25, 0.3) is 0 Å².